The van der Waals surface area contributed by atoms with E-state index in [1.165, 1.54) is 75.4 Å². The molecule has 128 heavy (non-hydrogen) atoms. The maximum atomic E-state index is 14.4. The molecule has 0 aliphatic heterocycles. The Hall–Kier alpha value is -16.9. The van der Waals surface area contributed by atoms with Crippen molar-refractivity contribution in [2.45, 2.75) is 0 Å². The van der Waals surface area contributed by atoms with E-state index < -0.39 is 0 Å². The van der Waals surface area contributed by atoms with Gasteiger partial charge in [-0.25, -0.2) is 13.6 Å². The first-order valence-corrected chi connectivity index (χ1v) is 43.7. The molecule has 0 spiro atoms. The molecule has 0 N–H and O–H groups in total. The summed E-state index contributed by atoms with van der Waals surface area (Å²) in [5.74, 6) is -0.589. The highest BCUT2D eigenvalue weighted by Crippen LogP contribution is 2.53. The lowest BCUT2D eigenvalue weighted by molar-refractivity contribution is 0.627. The highest BCUT2D eigenvalue weighted by atomic mass is 32.1. The van der Waals surface area contributed by atoms with Crippen molar-refractivity contribution in [1.82, 2.24) is 0 Å². The van der Waals surface area contributed by atoms with Gasteiger partial charge in [-0.2, -0.15) is 5.26 Å². The molecule has 14 heteroatoms. The number of benzene rings is 20. The average Bonchev–Trinajstić information content (AvgIpc) is 1.56. The molecule has 6 aromatic heterocycles. The van der Waals surface area contributed by atoms with Crippen molar-refractivity contribution in [3.05, 3.63) is 417 Å². The first-order valence-electron chi connectivity index (χ1n) is 42.1. The normalized spacial score (nSPS) is 11.8. The van der Waals surface area contributed by atoms with Crippen LogP contribution in [0.3, 0.4) is 0 Å². The molecule has 0 atom stereocenters. The van der Waals surface area contributed by atoms with Gasteiger partial charge in [0, 0.05) is 129 Å². The number of hydrogen-bond donors (Lipinski definition) is 0. The molecule has 0 unspecified atom stereocenters. The predicted octanol–water partition coefficient (Wildman–Crippen LogP) is 34.9. The van der Waals surface area contributed by atoms with Crippen LogP contribution >= 0.6 is 22.7 Å². The van der Waals surface area contributed by atoms with Gasteiger partial charge in [-0.3, -0.25) is 0 Å². The summed E-state index contributed by atoms with van der Waals surface area (Å²) in [4.78, 5) is 12.4. The van der Waals surface area contributed by atoms with Crippen molar-refractivity contribution in [3.8, 4) is 6.07 Å². The number of hydrogen-bond acceptors (Lipinski definition) is 11. The van der Waals surface area contributed by atoms with Crippen LogP contribution in [0.4, 0.5) is 82.7 Å². The molecule has 26 rings (SSSR count). The van der Waals surface area contributed by atoms with Crippen LogP contribution in [0.25, 0.3) is 176 Å². The van der Waals surface area contributed by atoms with Crippen molar-refractivity contribution in [3.63, 3.8) is 0 Å². The summed E-state index contributed by atoms with van der Waals surface area (Å²) in [5, 5.41) is 31.9. The van der Waals surface area contributed by atoms with E-state index in [-0.39, 0.29) is 11.6 Å². The Morgan fingerprint density at radius 3 is 0.773 bits per heavy atom. The molecular weight excluding hydrogens is 1620 g/mol. The van der Waals surface area contributed by atoms with Gasteiger partial charge in [-0.05, 0) is 249 Å². The van der Waals surface area contributed by atoms with Crippen molar-refractivity contribution in [2.75, 3.05) is 19.6 Å². The van der Waals surface area contributed by atoms with Crippen LogP contribution in [-0.4, -0.2) is 0 Å². The molecule has 600 valence electrons. The molecule has 6 heterocycles. The van der Waals surface area contributed by atoms with Crippen molar-refractivity contribution in [1.29, 1.82) is 5.26 Å². The van der Waals surface area contributed by atoms with Crippen LogP contribution in [0, 0.1) is 29.5 Å². The molecule has 10 nitrogen and oxygen atoms in total. The van der Waals surface area contributed by atoms with Gasteiger partial charge in [0.05, 0.1) is 41.0 Å². The quantitative estimate of drug-likeness (QED) is 0.111. The Bertz CT molecular complexity index is 8670. The van der Waals surface area contributed by atoms with E-state index in [0.717, 1.165) is 188 Å². The number of rotatable bonds is 12. The van der Waals surface area contributed by atoms with Crippen LogP contribution in [0.5, 0.6) is 0 Å². The fraction of sp³-hybridized carbons (Fsp3) is 0. The highest BCUT2D eigenvalue weighted by molar-refractivity contribution is 7.26. The Morgan fingerprint density at radius 1 is 0.250 bits per heavy atom. The van der Waals surface area contributed by atoms with E-state index in [4.69, 9.17) is 24.2 Å². The van der Waals surface area contributed by atoms with Crippen LogP contribution in [0.15, 0.2) is 406 Å². The van der Waals surface area contributed by atoms with Crippen molar-refractivity contribution in [2.24, 2.45) is 0 Å². The first-order chi connectivity index (χ1) is 63.1. The molecule has 20 aromatic carbocycles. The minimum Gasteiger partial charge on any atom is -0.454 e. The molecule has 26 aromatic rings. The van der Waals surface area contributed by atoms with Crippen LogP contribution in [-0.2, 0) is 0 Å². The second-order valence-corrected chi connectivity index (χ2v) is 34.3. The monoisotopic (exact) mass is 1680 g/mol. The molecule has 0 amide bonds. The molecular formula is C114H64F2N6O4S2. The van der Waals surface area contributed by atoms with E-state index in [1.807, 2.05) is 169 Å². The van der Waals surface area contributed by atoms with Crippen LogP contribution in [0.1, 0.15) is 5.56 Å². The predicted molar refractivity (Wildman–Crippen MR) is 527 cm³/mol. The summed E-state index contributed by atoms with van der Waals surface area (Å²) in [6.45, 7) is 7.61. The van der Waals surface area contributed by atoms with Gasteiger partial charge < -0.3 is 37.3 Å². The van der Waals surface area contributed by atoms with E-state index in [9.17, 15) is 14.0 Å². The number of nitriles is 1. The lowest BCUT2D eigenvalue weighted by Gasteiger charge is -2.26. The number of furan rings is 4. The van der Waals surface area contributed by atoms with Gasteiger partial charge in [-0.15, -0.1) is 22.7 Å². The Labute approximate surface area is 736 Å². The SMILES string of the molecule is Fc1ccc(N(c2ccc3c(ccc4sc5ccc6cc(N(c7ccc(F)cc7)c7cccc8c7oc7ccccc78)ccc6c5c43)c2)c2cccc3c2oc2ccccc23)cc1.[C-]#[N+]c1ccc(N(c2ccc3c(ccc4sc5ccc6cc(N(c7ccc(C#N)cc7)c7cccc8c7oc7ccccc78)ccc6c5c43)c2)c2cccc3c2oc2ccccc23)cc1. The summed E-state index contributed by atoms with van der Waals surface area (Å²) in [6.07, 6.45) is 0. The molecule has 0 saturated carbocycles. The number of halogens is 2. The zero-order valence-electron chi connectivity index (χ0n) is 67.8. The van der Waals surface area contributed by atoms with Crippen LogP contribution in [0.2, 0.25) is 0 Å². The fourth-order valence-electron chi connectivity index (χ4n) is 19.2. The molecule has 0 bridgehead atoms. The summed E-state index contributed by atoms with van der Waals surface area (Å²) in [7, 11) is 0. The molecule has 0 saturated heterocycles. The molecule has 0 fully saturated rings. The molecule has 0 radical (unpaired) electrons. The van der Waals surface area contributed by atoms with Gasteiger partial charge in [-0.1, -0.05) is 182 Å². The Morgan fingerprint density at radius 2 is 0.500 bits per heavy atom. The zero-order valence-corrected chi connectivity index (χ0v) is 69.5. The summed E-state index contributed by atoms with van der Waals surface area (Å²) in [6, 6.07) is 133. The lowest BCUT2D eigenvalue weighted by atomic mass is 9.98. The number of para-hydroxylation sites is 8. The summed E-state index contributed by atoms with van der Waals surface area (Å²) >= 11 is 3.61. The summed E-state index contributed by atoms with van der Waals surface area (Å²) in [5.41, 5.74) is 18.5. The van der Waals surface area contributed by atoms with Crippen molar-refractivity contribution < 1.29 is 26.4 Å². The lowest BCUT2D eigenvalue weighted by Crippen LogP contribution is -2.10. The highest BCUT2D eigenvalue weighted by Gasteiger charge is 2.28. The standard InChI is InChI=1S/C58H32N4O2S.C56H32F2N2O2S/c1-60-38-20-24-40(25-21-38)62(50-13-7-11-48-46-9-3-5-15-52(46)64-58(48)50)42-27-29-44-37(33-42)19-31-54-56(44)55-43-28-26-41(32-36(43)18-30-53(55)65-54)61(39-22-16-35(34-59)17-23-39)49-12-6-10-47-45-8-2-4-14-51(45)63-57(47)49;57-35-17-21-37(22-18-35)59(47-11-5-9-45-43-7-1-3-13-49(43)61-55(45)47)39-25-27-41-33(31-39)15-29-51-53(41)54-42-28-26-40(32-34(42)16-30-52(54)63-51)60(38-23-19-36(58)20-24-38)48-12-6-10-46-44-8-2-4-14-50(44)62-56(46)48/h2-33H;1-32H. The smallest absolute Gasteiger partial charge is 0.187 e. The topological polar surface area (TPSA) is 93.7 Å². The Kier molecular flexibility index (Phi) is 17.0. The number of fused-ring (bicyclic) bond motifs is 26. The van der Waals surface area contributed by atoms with E-state index in [1.54, 1.807) is 11.3 Å². The zero-order chi connectivity index (χ0) is 84.9. The van der Waals surface area contributed by atoms with Crippen molar-refractivity contribution >= 4 is 268 Å². The van der Waals surface area contributed by atoms with Gasteiger partial charge in [0.1, 0.15) is 34.0 Å². The molecule has 0 aliphatic carbocycles. The second kappa shape index (κ2) is 29.4. The van der Waals surface area contributed by atoms with Gasteiger partial charge in [0.25, 0.3) is 0 Å². The first kappa shape index (κ1) is 73.8. The Balaban J connectivity index is 0.000000139. The van der Waals surface area contributed by atoms with E-state index >= 15 is 0 Å². The number of nitrogens with zero attached hydrogens (tertiary/aromatic N) is 6. The van der Waals surface area contributed by atoms with Crippen LogP contribution < -0.4 is 19.6 Å². The minimum absolute atomic E-state index is 0.294. The van der Waals surface area contributed by atoms with Gasteiger partial charge >= 0.3 is 0 Å². The maximum absolute atomic E-state index is 14.4. The second-order valence-electron chi connectivity index (χ2n) is 32.2. The van der Waals surface area contributed by atoms with Gasteiger partial charge in [0.15, 0.2) is 28.0 Å². The van der Waals surface area contributed by atoms with Gasteiger partial charge in [0.2, 0.25) is 0 Å². The third-order valence-corrected chi connectivity index (χ3v) is 27.2. The number of thiophene rings is 2. The fourth-order valence-corrected chi connectivity index (χ4v) is 21.5. The third-order valence-electron chi connectivity index (χ3n) is 25.0. The van der Waals surface area contributed by atoms with E-state index in [2.05, 4.69) is 237 Å². The maximum Gasteiger partial charge on any atom is 0.187 e. The van der Waals surface area contributed by atoms with E-state index in [0.29, 0.717) is 11.3 Å². The largest absolute Gasteiger partial charge is 0.454 e. The third kappa shape index (κ3) is 11.9. The minimum atomic E-state index is -0.294. The summed E-state index contributed by atoms with van der Waals surface area (Å²) < 4.78 is 59.8. The molecule has 0 aliphatic rings. The number of anilines is 12. The average molecular weight is 1680 g/mol.